The van der Waals surface area contributed by atoms with Crippen molar-refractivity contribution in [2.75, 3.05) is 26.7 Å². The van der Waals surface area contributed by atoms with E-state index in [0.717, 1.165) is 35.4 Å². The fourth-order valence-corrected chi connectivity index (χ4v) is 3.93. The molecule has 0 radical (unpaired) electrons. The molecule has 5 heteroatoms. The van der Waals surface area contributed by atoms with Crippen LogP contribution in [0, 0.1) is 5.92 Å². The number of hydrogen-bond acceptors (Lipinski definition) is 4. The molecule has 3 aliphatic heterocycles. The summed E-state index contributed by atoms with van der Waals surface area (Å²) in [5, 5.41) is 5.17. The minimum atomic E-state index is -0.0766. The smallest absolute Gasteiger partial charge is 0.270 e. The summed E-state index contributed by atoms with van der Waals surface area (Å²) >= 11 is 0. The Kier molecular flexibility index (Phi) is 4.10. The minimum Gasteiger partial charge on any atom is -0.497 e. The highest BCUT2D eigenvalue weighted by Crippen LogP contribution is 2.27. The lowest BCUT2D eigenvalue weighted by Crippen LogP contribution is -2.42. The summed E-state index contributed by atoms with van der Waals surface area (Å²) in [4.78, 5) is 19.4. The average Bonchev–Trinajstić information content (AvgIpc) is 2.93. The molecule has 0 unspecified atom stereocenters. The number of nitrogens with zero attached hydrogens (tertiary/aromatic N) is 2. The van der Waals surface area contributed by atoms with Crippen molar-refractivity contribution in [2.45, 2.75) is 25.3 Å². The summed E-state index contributed by atoms with van der Waals surface area (Å²) in [6, 6.07) is 7.87. The SMILES string of the molecule is COc1ccc2cnc(C(=O)N[C@@H]3CC4CCN(CC4)C3)cc2c1. The van der Waals surface area contributed by atoms with E-state index in [-0.39, 0.29) is 11.9 Å². The quantitative estimate of drug-likeness (QED) is 0.942. The Morgan fingerprint density at radius 3 is 2.88 bits per heavy atom. The number of nitrogens with one attached hydrogen (secondary N) is 1. The van der Waals surface area contributed by atoms with Gasteiger partial charge in [0.2, 0.25) is 0 Å². The second-order valence-corrected chi connectivity index (χ2v) is 6.93. The normalized spacial score (nSPS) is 26.1. The number of ether oxygens (including phenoxy) is 1. The lowest BCUT2D eigenvalue weighted by Gasteiger charge is -2.26. The van der Waals surface area contributed by atoms with Gasteiger partial charge in [0.05, 0.1) is 7.11 Å². The Bertz CT molecular complexity index is 739. The number of carbonyl (C=O) groups excluding carboxylic acids is 1. The number of aromatic nitrogens is 1. The van der Waals surface area contributed by atoms with Crippen LogP contribution in [-0.4, -0.2) is 48.6 Å². The molecule has 24 heavy (non-hydrogen) atoms. The van der Waals surface area contributed by atoms with Gasteiger partial charge >= 0.3 is 0 Å². The Hall–Kier alpha value is -2.14. The third-order valence-corrected chi connectivity index (χ3v) is 5.30. The molecule has 1 aromatic carbocycles. The van der Waals surface area contributed by atoms with Crippen LogP contribution in [-0.2, 0) is 0 Å². The Morgan fingerprint density at radius 1 is 1.25 bits per heavy atom. The van der Waals surface area contributed by atoms with Crippen molar-refractivity contribution < 1.29 is 9.53 Å². The molecule has 1 aromatic heterocycles. The van der Waals surface area contributed by atoms with Crippen molar-refractivity contribution in [3.63, 3.8) is 0 Å². The van der Waals surface area contributed by atoms with E-state index in [1.165, 1.54) is 25.9 Å². The molecule has 2 aromatic rings. The third kappa shape index (κ3) is 3.08. The zero-order valence-electron chi connectivity index (χ0n) is 14.0. The number of piperidine rings is 1. The maximum Gasteiger partial charge on any atom is 0.270 e. The molecular formula is C19H23N3O2. The molecule has 5 nitrogen and oxygen atoms in total. The highest BCUT2D eigenvalue weighted by molar-refractivity contribution is 5.96. The first kappa shape index (κ1) is 15.4. The first-order valence-electron chi connectivity index (χ1n) is 8.68. The van der Waals surface area contributed by atoms with Crippen molar-refractivity contribution in [3.05, 3.63) is 36.2 Å². The van der Waals surface area contributed by atoms with Crippen molar-refractivity contribution >= 4 is 16.7 Å². The van der Waals surface area contributed by atoms with Crippen LogP contribution in [0.5, 0.6) is 5.75 Å². The molecule has 1 amide bonds. The lowest BCUT2D eigenvalue weighted by molar-refractivity contribution is 0.0924. The van der Waals surface area contributed by atoms with Crippen LogP contribution in [0.25, 0.3) is 10.8 Å². The van der Waals surface area contributed by atoms with Crippen LogP contribution in [0.15, 0.2) is 30.5 Å². The van der Waals surface area contributed by atoms with Gasteiger partial charge in [-0.25, -0.2) is 0 Å². The molecule has 3 fully saturated rings. The van der Waals surface area contributed by atoms with Crippen molar-refractivity contribution in [2.24, 2.45) is 5.92 Å². The molecule has 1 N–H and O–H groups in total. The van der Waals surface area contributed by atoms with E-state index < -0.39 is 0 Å². The maximum atomic E-state index is 12.6. The average molecular weight is 325 g/mol. The fraction of sp³-hybridized carbons (Fsp3) is 0.474. The maximum absolute atomic E-state index is 12.6. The van der Waals surface area contributed by atoms with Crippen LogP contribution in [0.3, 0.4) is 0 Å². The van der Waals surface area contributed by atoms with E-state index in [9.17, 15) is 4.79 Å². The number of rotatable bonds is 3. The molecular weight excluding hydrogens is 302 g/mol. The van der Waals surface area contributed by atoms with E-state index in [2.05, 4.69) is 15.2 Å². The van der Waals surface area contributed by atoms with Crippen LogP contribution in [0.4, 0.5) is 0 Å². The molecule has 0 aliphatic carbocycles. The van der Waals surface area contributed by atoms with Crippen molar-refractivity contribution in [3.8, 4) is 5.75 Å². The monoisotopic (exact) mass is 325 g/mol. The molecule has 5 rings (SSSR count). The molecule has 4 heterocycles. The van der Waals surface area contributed by atoms with E-state index in [0.29, 0.717) is 5.69 Å². The second-order valence-electron chi connectivity index (χ2n) is 6.93. The summed E-state index contributed by atoms with van der Waals surface area (Å²) in [6.07, 6.45) is 5.37. The molecule has 0 spiro atoms. The van der Waals surface area contributed by atoms with Crippen molar-refractivity contribution in [1.82, 2.24) is 15.2 Å². The minimum absolute atomic E-state index is 0.0766. The summed E-state index contributed by atoms with van der Waals surface area (Å²) in [5.41, 5.74) is 0.474. The Morgan fingerprint density at radius 2 is 2.08 bits per heavy atom. The van der Waals surface area contributed by atoms with Gasteiger partial charge in [-0.3, -0.25) is 9.78 Å². The van der Waals surface area contributed by atoms with Gasteiger partial charge in [0.15, 0.2) is 0 Å². The van der Waals surface area contributed by atoms with Gasteiger partial charge in [-0.1, -0.05) is 0 Å². The van der Waals surface area contributed by atoms with Crippen LogP contribution < -0.4 is 10.1 Å². The third-order valence-electron chi connectivity index (χ3n) is 5.30. The molecule has 3 saturated heterocycles. The predicted molar refractivity (Wildman–Crippen MR) is 93.3 cm³/mol. The van der Waals surface area contributed by atoms with Gasteiger partial charge < -0.3 is 15.0 Å². The van der Waals surface area contributed by atoms with Gasteiger partial charge in [-0.15, -0.1) is 0 Å². The molecule has 126 valence electrons. The first-order chi connectivity index (χ1) is 11.7. The first-order valence-corrected chi connectivity index (χ1v) is 8.68. The Labute approximate surface area is 142 Å². The number of hydrogen-bond donors (Lipinski definition) is 1. The molecule has 1 atom stereocenters. The fourth-order valence-electron chi connectivity index (χ4n) is 3.93. The number of amides is 1. The number of carbonyl (C=O) groups is 1. The zero-order chi connectivity index (χ0) is 16.5. The van der Waals surface area contributed by atoms with Gasteiger partial charge in [0.25, 0.3) is 5.91 Å². The summed E-state index contributed by atoms with van der Waals surface area (Å²) in [7, 11) is 1.64. The second kappa shape index (κ2) is 6.40. The standard InChI is InChI=1S/C19H23N3O2/c1-24-17-3-2-14-11-20-18(10-15(14)9-17)19(23)21-16-8-13-4-6-22(12-16)7-5-13/h2-3,9-11,13,16H,4-8,12H2,1H3,(H,21,23)/t16-/m1/s1. The molecule has 3 aliphatic rings. The lowest BCUT2D eigenvalue weighted by atomic mass is 9.94. The summed E-state index contributed by atoms with van der Waals surface area (Å²) < 4.78 is 5.26. The zero-order valence-corrected chi connectivity index (χ0v) is 14.0. The van der Waals surface area contributed by atoms with Crippen LogP contribution >= 0.6 is 0 Å². The Balaban J connectivity index is 1.52. The van der Waals surface area contributed by atoms with Gasteiger partial charge in [-0.05, 0) is 67.9 Å². The molecule has 0 saturated carbocycles. The van der Waals surface area contributed by atoms with Crippen molar-refractivity contribution in [1.29, 1.82) is 0 Å². The van der Waals surface area contributed by atoms with E-state index >= 15 is 0 Å². The number of pyridine rings is 1. The van der Waals surface area contributed by atoms with E-state index in [1.807, 2.05) is 24.3 Å². The van der Waals surface area contributed by atoms with E-state index in [1.54, 1.807) is 13.3 Å². The highest BCUT2D eigenvalue weighted by Gasteiger charge is 2.30. The van der Waals surface area contributed by atoms with E-state index in [4.69, 9.17) is 4.74 Å². The molecule has 2 bridgehead atoms. The summed E-state index contributed by atoms with van der Waals surface area (Å²) in [5.74, 6) is 1.46. The van der Waals surface area contributed by atoms with Gasteiger partial charge in [0.1, 0.15) is 11.4 Å². The highest BCUT2D eigenvalue weighted by atomic mass is 16.5. The number of benzene rings is 1. The number of fused-ring (bicyclic) bond motifs is 5. The van der Waals surface area contributed by atoms with Gasteiger partial charge in [0, 0.05) is 24.2 Å². The van der Waals surface area contributed by atoms with Gasteiger partial charge in [-0.2, -0.15) is 0 Å². The van der Waals surface area contributed by atoms with Crippen LogP contribution in [0.2, 0.25) is 0 Å². The topological polar surface area (TPSA) is 54.5 Å². The largest absolute Gasteiger partial charge is 0.497 e. The summed E-state index contributed by atoms with van der Waals surface area (Å²) in [6.45, 7) is 3.31. The predicted octanol–water partition coefficient (Wildman–Crippen LogP) is 2.46. The van der Waals surface area contributed by atoms with Crippen LogP contribution in [0.1, 0.15) is 29.8 Å². The number of methoxy groups -OCH3 is 1.